The molecule has 184 valence electrons. The molecule has 8 nitrogen and oxygen atoms in total. The fourth-order valence-corrected chi connectivity index (χ4v) is 4.88. The van der Waals surface area contributed by atoms with E-state index in [-0.39, 0.29) is 11.9 Å². The number of carbonyl (C=O) groups is 1. The van der Waals surface area contributed by atoms with Crippen LogP contribution in [0.2, 0.25) is 0 Å². The van der Waals surface area contributed by atoms with Gasteiger partial charge in [-0.3, -0.25) is 9.67 Å². The lowest BCUT2D eigenvalue weighted by Crippen LogP contribution is -2.50. The van der Waals surface area contributed by atoms with Crippen molar-refractivity contribution in [3.05, 3.63) is 30.0 Å². The maximum atomic E-state index is 14.4. The Kier molecular flexibility index (Phi) is 6.00. The Labute approximate surface area is 200 Å². The molecule has 3 fully saturated rings. The Bertz CT molecular complexity index is 1050. The number of ether oxygens (including phenoxy) is 1. The van der Waals surface area contributed by atoms with Crippen LogP contribution in [-0.2, 0) is 4.74 Å². The van der Waals surface area contributed by atoms with E-state index in [1.807, 2.05) is 20.8 Å². The molecule has 2 aromatic rings. The van der Waals surface area contributed by atoms with Gasteiger partial charge in [0.1, 0.15) is 11.4 Å². The van der Waals surface area contributed by atoms with Gasteiger partial charge in [0.15, 0.2) is 0 Å². The summed E-state index contributed by atoms with van der Waals surface area (Å²) in [5, 5.41) is 4.97. The number of hydrogen-bond acceptors (Lipinski definition) is 6. The molecule has 0 spiro atoms. The van der Waals surface area contributed by atoms with Gasteiger partial charge in [0, 0.05) is 49.9 Å². The van der Waals surface area contributed by atoms with Crippen molar-refractivity contribution < 1.29 is 13.9 Å². The van der Waals surface area contributed by atoms with Crippen LogP contribution in [0.1, 0.15) is 64.1 Å². The van der Waals surface area contributed by atoms with Gasteiger partial charge in [0.05, 0.1) is 29.3 Å². The van der Waals surface area contributed by atoms with Gasteiger partial charge in [-0.2, -0.15) is 5.10 Å². The van der Waals surface area contributed by atoms with Crippen LogP contribution in [0.15, 0.2) is 18.5 Å². The second kappa shape index (κ2) is 8.83. The average molecular weight is 471 g/mol. The Hall–Kier alpha value is -2.68. The number of pyridine rings is 1. The number of nitrogens with zero attached hydrogens (tertiary/aromatic N) is 5. The van der Waals surface area contributed by atoms with Crippen LogP contribution in [0.3, 0.4) is 0 Å². The summed E-state index contributed by atoms with van der Waals surface area (Å²) in [6, 6.07) is 1.94. The molecule has 0 atom stereocenters. The Morgan fingerprint density at radius 1 is 1.21 bits per heavy atom. The van der Waals surface area contributed by atoms with Crippen molar-refractivity contribution in [3.63, 3.8) is 0 Å². The first-order chi connectivity index (χ1) is 16.2. The van der Waals surface area contributed by atoms with Crippen molar-refractivity contribution in [2.24, 2.45) is 11.7 Å². The van der Waals surface area contributed by atoms with Crippen molar-refractivity contribution in [3.8, 4) is 11.3 Å². The summed E-state index contributed by atoms with van der Waals surface area (Å²) in [7, 11) is 0. The van der Waals surface area contributed by atoms with Crippen LogP contribution >= 0.6 is 0 Å². The molecule has 0 unspecified atom stereocenters. The predicted molar refractivity (Wildman–Crippen MR) is 128 cm³/mol. The molecule has 2 aliphatic carbocycles. The first kappa shape index (κ1) is 23.1. The van der Waals surface area contributed by atoms with Crippen molar-refractivity contribution in [1.29, 1.82) is 0 Å². The summed E-state index contributed by atoms with van der Waals surface area (Å²) in [6.45, 7) is 8.52. The lowest BCUT2D eigenvalue weighted by Gasteiger charge is -2.37. The molecule has 0 bridgehead atoms. The third-order valence-electron chi connectivity index (χ3n) is 7.00. The van der Waals surface area contributed by atoms with Gasteiger partial charge in [-0.15, -0.1) is 0 Å². The Morgan fingerprint density at radius 2 is 1.91 bits per heavy atom. The molecule has 9 heteroatoms. The molecule has 1 aliphatic heterocycles. The highest BCUT2D eigenvalue weighted by molar-refractivity contribution is 5.77. The number of anilines is 1. The van der Waals surface area contributed by atoms with Gasteiger partial charge in [-0.1, -0.05) is 0 Å². The number of nitrogens with two attached hydrogens (primary N) is 1. The van der Waals surface area contributed by atoms with Gasteiger partial charge >= 0.3 is 6.09 Å². The largest absolute Gasteiger partial charge is 0.444 e. The summed E-state index contributed by atoms with van der Waals surface area (Å²) in [6.07, 6.45) is 7.45. The van der Waals surface area contributed by atoms with E-state index >= 15 is 0 Å². The Balaban J connectivity index is 1.38. The van der Waals surface area contributed by atoms with Crippen molar-refractivity contribution in [2.45, 2.75) is 64.0 Å². The second-order valence-electron chi connectivity index (χ2n) is 10.9. The molecule has 0 radical (unpaired) electrons. The minimum absolute atomic E-state index is 0.307. The van der Waals surface area contributed by atoms with Gasteiger partial charge in [0.2, 0.25) is 0 Å². The molecule has 2 N–H and O–H groups in total. The number of halogens is 1. The average Bonchev–Trinajstić information content (AvgIpc) is 3.51. The smallest absolute Gasteiger partial charge is 0.410 e. The number of aromatic nitrogens is 3. The van der Waals surface area contributed by atoms with Crippen molar-refractivity contribution in [1.82, 2.24) is 19.7 Å². The molecule has 3 aliphatic rings. The molecular formula is C25H35FN6O2. The van der Waals surface area contributed by atoms with E-state index < -0.39 is 5.60 Å². The van der Waals surface area contributed by atoms with Crippen LogP contribution in [0.25, 0.3) is 11.3 Å². The van der Waals surface area contributed by atoms with E-state index in [0.717, 1.165) is 54.9 Å². The van der Waals surface area contributed by atoms with Crippen LogP contribution in [0.4, 0.5) is 14.9 Å². The van der Waals surface area contributed by atoms with Gasteiger partial charge < -0.3 is 20.3 Å². The fraction of sp³-hybridized carbons (Fsp3) is 0.640. The normalized spacial score (nSPS) is 23.1. The molecule has 2 aromatic heterocycles. The molecule has 2 saturated carbocycles. The summed E-state index contributed by atoms with van der Waals surface area (Å²) in [4.78, 5) is 20.8. The van der Waals surface area contributed by atoms with Gasteiger partial charge in [0.25, 0.3) is 0 Å². The van der Waals surface area contributed by atoms with Crippen molar-refractivity contribution >= 4 is 11.8 Å². The number of piperazine rings is 1. The predicted octanol–water partition coefficient (Wildman–Crippen LogP) is 3.93. The number of rotatable bonds is 5. The van der Waals surface area contributed by atoms with Crippen molar-refractivity contribution in [2.75, 3.05) is 37.6 Å². The zero-order valence-electron chi connectivity index (χ0n) is 20.3. The van der Waals surface area contributed by atoms with E-state index in [0.29, 0.717) is 44.1 Å². The van der Waals surface area contributed by atoms with E-state index in [2.05, 4.69) is 20.8 Å². The maximum Gasteiger partial charge on any atom is 0.410 e. The fourth-order valence-electron chi connectivity index (χ4n) is 4.88. The highest BCUT2D eigenvalue weighted by atomic mass is 19.1. The number of carbonyl (C=O) groups excluding carboxylic acids is 1. The Morgan fingerprint density at radius 3 is 2.53 bits per heavy atom. The topological polar surface area (TPSA) is 89.5 Å². The molecule has 1 saturated heterocycles. The highest BCUT2D eigenvalue weighted by Gasteiger charge is 2.36. The highest BCUT2D eigenvalue weighted by Crippen LogP contribution is 2.46. The molecule has 1 amide bonds. The molecule has 3 heterocycles. The SMILES string of the molecule is CC(C)(C)OC(=O)N1CCN(c2cc(F)cnc2-c2cn(C3CC(CN)C3)nc2C2CC2)CC1. The lowest BCUT2D eigenvalue weighted by molar-refractivity contribution is 0.0240. The quantitative estimate of drug-likeness (QED) is 0.712. The minimum atomic E-state index is -0.530. The molecule has 0 aromatic carbocycles. The standard InChI is InChI=1S/C25H35FN6O2/c1-25(2,3)34-24(33)31-8-6-30(7-9-31)21-12-18(26)14-28-23(21)20-15-32(19-10-16(11-19)13-27)29-22(20)17-4-5-17/h12,14-17,19H,4-11,13,27H2,1-3H3. The zero-order valence-corrected chi connectivity index (χ0v) is 20.3. The third kappa shape index (κ3) is 4.76. The van der Waals surface area contributed by atoms with Crippen LogP contribution in [-0.4, -0.2) is 64.1 Å². The summed E-state index contributed by atoms with van der Waals surface area (Å²) in [5.74, 6) is 0.659. The van der Waals surface area contributed by atoms with Crippen LogP contribution in [0, 0.1) is 11.7 Å². The second-order valence-corrected chi connectivity index (χ2v) is 10.9. The van der Waals surface area contributed by atoms with Crippen LogP contribution < -0.4 is 10.6 Å². The summed E-state index contributed by atoms with van der Waals surface area (Å²) in [5.41, 5.74) is 8.90. The van der Waals surface area contributed by atoms with E-state index in [1.54, 1.807) is 11.0 Å². The first-order valence-corrected chi connectivity index (χ1v) is 12.4. The van der Waals surface area contributed by atoms with Gasteiger partial charge in [-0.05, 0) is 58.9 Å². The van der Waals surface area contributed by atoms with Gasteiger partial charge in [-0.25, -0.2) is 9.18 Å². The van der Waals surface area contributed by atoms with E-state index in [9.17, 15) is 9.18 Å². The summed E-state index contributed by atoms with van der Waals surface area (Å²) < 4.78 is 22.0. The lowest BCUT2D eigenvalue weighted by atomic mass is 9.80. The maximum absolute atomic E-state index is 14.4. The zero-order chi connectivity index (χ0) is 24.0. The molecule has 5 rings (SSSR count). The first-order valence-electron chi connectivity index (χ1n) is 12.4. The third-order valence-corrected chi connectivity index (χ3v) is 7.00. The van der Waals surface area contributed by atoms with Crippen LogP contribution in [0.5, 0.6) is 0 Å². The number of hydrogen-bond donors (Lipinski definition) is 1. The molecule has 34 heavy (non-hydrogen) atoms. The van der Waals surface area contributed by atoms with E-state index in [1.165, 1.54) is 6.20 Å². The number of amides is 1. The molecular weight excluding hydrogens is 435 g/mol. The minimum Gasteiger partial charge on any atom is -0.444 e. The monoisotopic (exact) mass is 470 g/mol. The summed E-state index contributed by atoms with van der Waals surface area (Å²) >= 11 is 0. The van der Waals surface area contributed by atoms with E-state index in [4.69, 9.17) is 15.6 Å².